The van der Waals surface area contributed by atoms with Crippen LogP contribution in [0, 0.1) is 5.92 Å². The van der Waals surface area contributed by atoms with Gasteiger partial charge in [0.05, 0.1) is 0 Å². The third-order valence-electron chi connectivity index (χ3n) is 2.17. The average Bonchev–Trinajstić information content (AvgIpc) is 1.88. The molecule has 0 aromatic heterocycles. The van der Waals surface area contributed by atoms with E-state index in [0.29, 0.717) is 0 Å². The van der Waals surface area contributed by atoms with Gasteiger partial charge in [-0.1, -0.05) is 24.6 Å². The van der Waals surface area contributed by atoms with Crippen LogP contribution in [-0.4, -0.2) is 0 Å². The van der Waals surface area contributed by atoms with Crippen LogP contribution in [0.3, 0.4) is 0 Å². The minimum Gasteiger partial charge on any atom is -0.0842 e. The lowest BCUT2D eigenvalue weighted by atomic mass is 9.88. The molecule has 0 heteroatoms. The van der Waals surface area contributed by atoms with Gasteiger partial charge in [-0.3, -0.25) is 0 Å². The van der Waals surface area contributed by atoms with E-state index in [1.807, 2.05) is 0 Å². The summed E-state index contributed by atoms with van der Waals surface area (Å²) in [7, 11) is 0. The summed E-state index contributed by atoms with van der Waals surface area (Å²) in [4.78, 5) is 0. The molecular weight excluding hydrogens is 120 g/mol. The molecule has 0 nitrogen and oxygen atoms in total. The first-order valence-electron chi connectivity index (χ1n) is 4.05. The van der Waals surface area contributed by atoms with Crippen LogP contribution in [0.25, 0.3) is 0 Å². The second-order valence-corrected chi connectivity index (χ2v) is 3.34. The summed E-state index contributed by atoms with van der Waals surface area (Å²) in [5.41, 5.74) is 3.02. The van der Waals surface area contributed by atoms with Crippen molar-refractivity contribution in [2.75, 3.05) is 0 Å². The summed E-state index contributed by atoms with van der Waals surface area (Å²) >= 11 is 0. The molecule has 0 N–H and O–H groups in total. The van der Waals surface area contributed by atoms with Crippen LogP contribution in [0.15, 0.2) is 23.3 Å². The molecule has 0 amide bonds. The lowest BCUT2D eigenvalue weighted by molar-refractivity contribution is 0.612. The van der Waals surface area contributed by atoms with Gasteiger partial charge < -0.3 is 0 Å². The van der Waals surface area contributed by atoms with Gasteiger partial charge in [0.25, 0.3) is 0 Å². The fraction of sp³-hybridized carbons (Fsp3) is 0.600. The first-order chi connectivity index (χ1) is 4.72. The SMILES string of the molecule is CC(C)=C1C=CCC[C@H]1C. The Labute approximate surface area is 63.6 Å². The van der Waals surface area contributed by atoms with E-state index in [1.165, 1.54) is 18.4 Å². The van der Waals surface area contributed by atoms with Gasteiger partial charge in [-0.25, -0.2) is 0 Å². The van der Waals surface area contributed by atoms with E-state index in [9.17, 15) is 0 Å². The molecule has 1 aliphatic rings. The van der Waals surface area contributed by atoms with Crippen LogP contribution in [0.2, 0.25) is 0 Å². The predicted molar refractivity (Wildman–Crippen MR) is 45.9 cm³/mol. The van der Waals surface area contributed by atoms with Gasteiger partial charge in [-0.15, -0.1) is 0 Å². The monoisotopic (exact) mass is 136 g/mol. The van der Waals surface area contributed by atoms with E-state index in [-0.39, 0.29) is 0 Å². The zero-order valence-corrected chi connectivity index (χ0v) is 7.15. The van der Waals surface area contributed by atoms with Crippen LogP contribution in [-0.2, 0) is 0 Å². The lowest BCUT2D eigenvalue weighted by Crippen LogP contribution is -2.02. The molecule has 0 aliphatic heterocycles. The Morgan fingerprint density at radius 3 is 2.60 bits per heavy atom. The Morgan fingerprint density at radius 1 is 1.50 bits per heavy atom. The van der Waals surface area contributed by atoms with Gasteiger partial charge in [0.15, 0.2) is 0 Å². The highest BCUT2D eigenvalue weighted by Crippen LogP contribution is 2.25. The van der Waals surface area contributed by atoms with E-state index in [4.69, 9.17) is 0 Å². The highest BCUT2D eigenvalue weighted by molar-refractivity contribution is 5.27. The molecule has 0 heterocycles. The van der Waals surface area contributed by atoms with Gasteiger partial charge in [-0.05, 0) is 38.2 Å². The zero-order valence-electron chi connectivity index (χ0n) is 7.15. The number of hydrogen-bond donors (Lipinski definition) is 0. The van der Waals surface area contributed by atoms with Crippen LogP contribution in [0.4, 0.5) is 0 Å². The van der Waals surface area contributed by atoms with Gasteiger partial charge in [0.1, 0.15) is 0 Å². The number of allylic oxidation sites excluding steroid dienone is 4. The minimum absolute atomic E-state index is 0.787. The van der Waals surface area contributed by atoms with Crippen molar-refractivity contribution < 1.29 is 0 Å². The van der Waals surface area contributed by atoms with Crippen molar-refractivity contribution in [3.8, 4) is 0 Å². The Balaban J connectivity index is 2.84. The van der Waals surface area contributed by atoms with Crippen molar-refractivity contribution in [1.29, 1.82) is 0 Å². The molecule has 0 unspecified atom stereocenters. The van der Waals surface area contributed by atoms with E-state index < -0.39 is 0 Å². The molecule has 0 spiro atoms. The van der Waals surface area contributed by atoms with Crippen molar-refractivity contribution in [2.24, 2.45) is 5.92 Å². The van der Waals surface area contributed by atoms with Gasteiger partial charge in [0, 0.05) is 0 Å². The molecule has 0 aromatic rings. The smallest absolute Gasteiger partial charge is 0.0188 e. The fourth-order valence-electron chi connectivity index (χ4n) is 1.54. The Kier molecular flexibility index (Phi) is 2.31. The normalized spacial score (nSPS) is 25.1. The van der Waals surface area contributed by atoms with Crippen LogP contribution in [0.5, 0.6) is 0 Å². The molecule has 0 saturated heterocycles. The summed E-state index contributed by atoms with van der Waals surface area (Å²) in [5, 5.41) is 0. The Morgan fingerprint density at radius 2 is 2.20 bits per heavy atom. The molecule has 0 radical (unpaired) electrons. The van der Waals surface area contributed by atoms with E-state index in [1.54, 1.807) is 5.57 Å². The molecule has 1 aliphatic carbocycles. The largest absolute Gasteiger partial charge is 0.0842 e. The van der Waals surface area contributed by atoms with Crippen molar-refractivity contribution in [1.82, 2.24) is 0 Å². The molecule has 0 aromatic carbocycles. The molecule has 1 atom stereocenters. The maximum absolute atomic E-state index is 2.31. The molecule has 1 rings (SSSR count). The maximum Gasteiger partial charge on any atom is -0.0188 e. The van der Waals surface area contributed by atoms with E-state index in [2.05, 4.69) is 32.9 Å². The summed E-state index contributed by atoms with van der Waals surface area (Å²) in [5.74, 6) is 0.787. The summed E-state index contributed by atoms with van der Waals surface area (Å²) in [6.07, 6.45) is 7.15. The average molecular weight is 136 g/mol. The van der Waals surface area contributed by atoms with E-state index >= 15 is 0 Å². The second kappa shape index (κ2) is 3.05. The van der Waals surface area contributed by atoms with Gasteiger partial charge >= 0.3 is 0 Å². The highest BCUT2D eigenvalue weighted by Gasteiger charge is 2.09. The topological polar surface area (TPSA) is 0 Å². The Hall–Kier alpha value is -0.520. The quantitative estimate of drug-likeness (QED) is 0.479. The standard InChI is InChI=1S/C10H16/c1-8(2)10-7-5-4-6-9(10)3/h5,7,9H,4,6H2,1-3H3/t9-/m1/s1. The summed E-state index contributed by atoms with van der Waals surface area (Å²) < 4.78 is 0. The van der Waals surface area contributed by atoms with Gasteiger partial charge in [-0.2, -0.15) is 0 Å². The number of rotatable bonds is 0. The first kappa shape index (κ1) is 7.59. The van der Waals surface area contributed by atoms with Crippen molar-refractivity contribution in [3.05, 3.63) is 23.3 Å². The zero-order chi connectivity index (χ0) is 7.56. The molecule has 0 fully saturated rings. The Bertz CT molecular complexity index is 168. The van der Waals surface area contributed by atoms with Crippen molar-refractivity contribution >= 4 is 0 Å². The molecule has 0 bridgehead atoms. The minimum atomic E-state index is 0.787. The first-order valence-corrected chi connectivity index (χ1v) is 4.05. The van der Waals surface area contributed by atoms with Crippen molar-refractivity contribution in [3.63, 3.8) is 0 Å². The summed E-state index contributed by atoms with van der Waals surface area (Å²) in [6.45, 7) is 6.70. The fourth-order valence-corrected chi connectivity index (χ4v) is 1.54. The molecule has 0 saturated carbocycles. The number of hydrogen-bond acceptors (Lipinski definition) is 0. The van der Waals surface area contributed by atoms with Crippen LogP contribution in [0.1, 0.15) is 33.6 Å². The van der Waals surface area contributed by atoms with E-state index in [0.717, 1.165) is 5.92 Å². The van der Waals surface area contributed by atoms with Crippen molar-refractivity contribution in [2.45, 2.75) is 33.6 Å². The lowest BCUT2D eigenvalue weighted by Gasteiger charge is -2.17. The van der Waals surface area contributed by atoms with Crippen LogP contribution < -0.4 is 0 Å². The molecular formula is C10H16. The van der Waals surface area contributed by atoms with Crippen LogP contribution >= 0.6 is 0 Å². The molecule has 56 valence electrons. The highest BCUT2D eigenvalue weighted by atomic mass is 14.1. The predicted octanol–water partition coefficient (Wildman–Crippen LogP) is 3.31. The van der Waals surface area contributed by atoms with Gasteiger partial charge in [0.2, 0.25) is 0 Å². The molecule has 10 heavy (non-hydrogen) atoms. The maximum atomic E-state index is 2.31. The summed E-state index contributed by atoms with van der Waals surface area (Å²) in [6, 6.07) is 0. The third kappa shape index (κ3) is 1.50. The third-order valence-corrected chi connectivity index (χ3v) is 2.17. The second-order valence-electron chi connectivity index (χ2n) is 3.34.